The van der Waals surface area contributed by atoms with Gasteiger partial charge >= 0.3 is 0 Å². The first-order valence-corrected chi connectivity index (χ1v) is 5.20. The van der Waals surface area contributed by atoms with Gasteiger partial charge in [-0.2, -0.15) is 0 Å². The van der Waals surface area contributed by atoms with Crippen molar-refractivity contribution in [1.82, 2.24) is 14.9 Å². The minimum absolute atomic E-state index is 0.472. The lowest BCUT2D eigenvalue weighted by molar-refractivity contribution is 0.177. The molecule has 0 aromatic carbocycles. The molecule has 0 bridgehead atoms. The smallest absolute Gasteiger partial charge is 0.137 e. The molecule has 1 atom stereocenters. The minimum Gasteiger partial charge on any atom is -0.385 e. The molecule has 1 unspecified atom stereocenters. The molecular weight excluding hydrogens is 178 g/mol. The molecule has 2 rings (SSSR count). The number of imidazole rings is 1. The molecule has 2 N–H and O–H groups in total. The number of aliphatic hydroxyl groups is 1. The molecule has 0 saturated carbocycles. The SMILES string of the molecule is CC(O)c1nccn1C1CCNCC1. The molecule has 1 fully saturated rings. The van der Waals surface area contributed by atoms with E-state index in [-0.39, 0.29) is 0 Å². The lowest BCUT2D eigenvalue weighted by Crippen LogP contribution is -2.30. The summed E-state index contributed by atoms with van der Waals surface area (Å²) in [6.45, 7) is 3.88. The fourth-order valence-electron chi connectivity index (χ4n) is 2.04. The van der Waals surface area contributed by atoms with Gasteiger partial charge in [0.1, 0.15) is 11.9 Å². The molecule has 2 heterocycles. The average molecular weight is 195 g/mol. The van der Waals surface area contributed by atoms with E-state index in [9.17, 15) is 5.11 Å². The standard InChI is InChI=1S/C10H17N3O/c1-8(14)10-12-6-7-13(10)9-2-4-11-5-3-9/h6-9,11,14H,2-5H2,1H3. The van der Waals surface area contributed by atoms with Gasteiger partial charge in [0, 0.05) is 18.4 Å². The van der Waals surface area contributed by atoms with E-state index >= 15 is 0 Å². The first-order chi connectivity index (χ1) is 6.79. The highest BCUT2D eigenvalue weighted by atomic mass is 16.3. The van der Waals surface area contributed by atoms with Crippen molar-refractivity contribution in [3.8, 4) is 0 Å². The Labute approximate surface area is 84.0 Å². The highest BCUT2D eigenvalue weighted by Gasteiger charge is 2.18. The summed E-state index contributed by atoms with van der Waals surface area (Å²) in [6.07, 6.45) is 5.51. The molecule has 78 valence electrons. The number of nitrogens with zero attached hydrogens (tertiary/aromatic N) is 2. The van der Waals surface area contributed by atoms with Gasteiger partial charge in [0.2, 0.25) is 0 Å². The topological polar surface area (TPSA) is 50.1 Å². The predicted octanol–water partition coefficient (Wildman–Crippen LogP) is 0.861. The Morgan fingerprint density at radius 3 is 2.93 bits per heavy atom. The van der Waals surface area contributed by atoms with Crippen LogP contribution in [0, 0.1) is 0 Å². The van der Waals surface area contributed by atoms with Crippen molar-refractivity contribution in [2.45, 2.75) is 31.9 Å². The normalized spacial score (nSPS) is 21.0. The van der Waals surface area contributed by atoms with Crippen molar-refractivity contribution >= 4 is 0 Å². The van der Waals surface area contributed by atoms with Crippen LogP contribution in [-0.2, 0) is 0 Å². The number of hydrogen-bond donors (Lipinski definition) is 2. The lowest BCUT2D eigenvalue weighted by Gasteiger charge is -2.26. The second kappa shape index (κ2) is 4.11. The number of aromatic nitrogens is 2. The summed E-state index contributed by atoms with van der Waals surface area (Å²) in [5, 5.41) is 12.9. The maximum atomic E-state index is 9.53. The lowest BCUT2D eigenvalue weighted by atomic mass is 10.1. The van der Waals surface area contributed by atoms with E-state index < -0.39 is 6.10 Å². The molecular formula is C10H17N3O. The molecule has 1 saturated heterocycles. The first-order valence-electron chi connectivity index (χ1n) is 5.20. The third-order valence-corrected chi connectivity index (χ3v) is 2.77. The van der Waals surface area contributed by atoms with Crippen molar-refractivity contribution in [1.29, 1.82) is 0 Å². The molecule has 0 spiro atoms. The van der Waals surface area contributed by atoms with Crippen LogP contribution in [0.2, 0.25) is 0 Å². The molecule has 1 aromatic heterocycles. The Kier molecular flexibility index (Phi) is 2.84. The largest absolute Gasteiger partial charge is 0.385 e. The van der Waals surface area contributed by atoms with Gasteiger partial charge < -0.3 is 15.0 Å². The van der Waals surface area contributed by atoms with Crippen LogP contribution in [0.25, 0.3) is 0 Å². The molecule has 1 aliphatic heterocycles. The third-order valence-electron chi connectivity index (χ3n) is 2.77. The Balaban J connectivity index is 2.17. The van der Waals surface area contributed by atoms with E-state index in [1.165, 1.54) is 0 Å². The Morgan fingerprint density at radius 1 is 1.57 bits per heavy atom. The summed E-state index contributed by atoms with van der Waals surface area (Å²) in [7, 11) is 0. The summed E-state index contributed by atoms with van der Waals surface area (Å²) in [5.74, 6) is 0.789. The van der Waals surface area contributed by atoms with Crippen LogP contribution in [0.15, 0.2) is 12.4 Å². The maximum absolute atomic E-state index is 9.53. The van der Waals surface area contributed by atoms with Gasteiger partial charge in [0.05, 0.1) is 0 Å². The zero-order chi connectivity index (χ0) is 9.97. The highest BCUT2D eigenvalue weighted by Crippen LogP contribution is 2.22. The third kappa shape index (κ3) is 1.81. The van der Waals surface area contributed by atoms with Crippen LogP contribution >= 0.6 is 0 Å². The van der Waals surface area contributed by atoms with Gasteiger partial charge in [0.25, 0.3) is 0 Å². The Hall–Kier alpha value is -0.870. The van der Waals surface area contributed by atoms with Gasteiger partial charge in [-0.3, -0.25) is 0 Å². The minimum atomic E-state index is -0.472. The van der Waals surface area contributed by atoms with Gasteiger partial charge in [-0.25, -0.2) is 4.98 Å². The van der Waals surface area contributed by atoms with E-state index in [1.54, 1.807) is 13.1 Å². The zero-order valence-corrected chi connectivity index (χ0v) is 8.48. The molecule has 4 heteroatoms. The quantitative estimate of drug-likeness (QED) is 0.736. The van der Waals surface area contributed by atoms with E-state index in [0.717, 1.165) is 31.8 Å². The van der Waals surface area contributed by atoms with Crippen LogP contribution in [0.3, 0.4) is 0 Å². The molecule has 0 aliphatic carbocycles. The predicted molar refractivity (Wildman–Crippen MR) is 54.0 cm³/mol. The fraction of sp³-hybridized carbons (Fsp3) is 0.700. The van der Waals surface area contributed by atoms with Crippen molar-refractivity contribution < 1.29 is 5.11 Å². The first kappa shape index (κ1) is 9.68. The van der Waals surface area contributed by atoms with Crippen molar-refractivity contribution in [3.63, 3.8) is 0 Å². The van der Waals surface area contributed by atoms with Crippen LogP contribution in [0.4, 0.5) is 0 Å². The number of piperidine rings is 1. The second-order valence-electron chi connectivity index (χ2n) is 3.85. The van der Waals surface area contributed by atoms with Crippen LogP contribution in [0.5, 0.6) is 0 Å². The molecule has 0 radical (unpaired) electrons. The Bertz CT molecular complexity index is 289. The molecule has 1 aromatic rings. The van der Waals surface area contributed by atoms with Crippen LogP contribution in [0.1, 0.15) is 37.7 Å². The molecule has 0 amide bonds. The summed E-state index contributed by atoms with van der Waals surface area (Å²) in [6, 6.07) is 0.503. The summed E-state index contributed by atoms with van der Waals surface area (Å²) < 4.78 is 2.12. The zero-order valence-electron chi connectivity index (χ0n) is 8.48. The van der Waals surface area contributed by atoms with E-state index in [2.05, 4.69) is 14.9 Å². The van der Waals surface area contributed by atoms with Gasteiger partial charge in [-0.15, -0.1) is 0 Å². The van der Waals surface area contributed by atoms with Crippen molar-refractivity contribution in [2.75, 3.05) is 13.1 Å². The van der Waals surface area contributed by atoms with Crippen LogP contribution in [-0.4, -0.2) is 27.7 Å². The second-order valence-corrected chi connectivity index (χ2v) is 3.85. The van der Waals surface area contributed by atoms with Crippen LogP contribution < -0.4 is 5.32 Å². The number of hydrogen-bond acceptors (Lipinski definition) is 3. The Morgan fingerprint density at radius 2 is 2.29 bits per heavy atom. The van der Waals surface area contributed by atoms with E-state index in [1.807, 2.05) is 6.20 Å². The summed E-state index contributed by atoms with van der Waals surface area (Å²) in [4.78, 5) is 4.18. The maximum Gasteiger partial charge on any atom is 0.137 e. The fourth-order valence-corrected chi connectivity index (χ4v) is 2.04. The van der Waals surface area contributed by atoms with Gasteiger partial charge in [0.15, 0.2) is 0 Å². The summed E-state index contributed by atoms with van der Waals surface area (Å²) in [5.41, 5.74) is 0. The molecule has 4 nitrogen and oxygen atoms in total. The van der Waals surface area contributed by atoms with Crippen molar-refractivity contribution in [3.05, 3.63) is 18.2 Å². The number of nitrogens with one attached hydrogen (secondary N) is 1. The number of aliphatic hydroxyl groups excluding tert-OH is 1. The summed E-state index contributed by atoms with van der Waals surface area (Å²) >= 11 is 0. The van der Waals surface area contributed by atoms with Gasteiger partial charge in [-0.1, -0.05) is 0 Å². The highest BCUT2D eigenvalue weighted by molar-refractivity contribution is 4.98. The molecule has 1 aliphatic rings. The van der Waals surface area contributed by atoms with Gasteiger partial charge in [-0.05, 0) is 32.9 Å². The number of rotatable bonds is 2. The average Bonchev–Trinajstić information content (AvgIpc) is 2.67. The molecule has 14 heavy (non-hydrogen) atoms. The van der Waals surface area contributed by atoms with E-state index in [4.69, 9.17) is 0 Å². The van der Waals surface area contributed by atoms with Crippen molar-refractivity contribution in [2.24, 2.45) is 0 Å². The monoisotopic (exact) mass is 195 g/mol. The van der Waals surface area contributed by atoms with E-state index in [0.29, 0.717) is 6.04 Å².